The molecule has 0 amide bonds. The topological polar surface area (TPSA) is 78.8 Å². The van der Waals surface area contributed by atoms with Gasteiger partial charge in [-0.2, -0.15) is 0 Å². The number of benzene rings is 1. The number of halogens is 1. The first kappa shape index (κ1) is 12.6. The molecule has 1 saturated heterocycles. The van der Waals surface area contributed by atoms with E-state index in [2.05, 4.69) is 31.5 Å². The Hall–Kier alpha value is -1.47. The van der Waals surface area contributed by atoms with Crippen LogP contribution >= 0.6 is 15.9 Å². The number of tetrazole rings is 1. The molecule has 1 aromatic carbocycles. The minimum Gasteiger partial charge on any atom is -0.398 e. The van der Waals surface area contributed by atoms with Crippen molar-refractivity contribution in [2.45, 2.75) is 25.5 Å². The molecule has 19 heavy (non-hydrogen) atoms. The van der Waals surface area contributed by atoms with Crippen LogP contribution in [0.5, 0.6) is 0 Å². The van der Waals surface area contributed by atoms with Crippen LogP contribution in [0.1, 0.15) is 19.4 Å². The lowest BCUT2D eigenvalue weighted by Gasteiger charge is -2.16. The van der Waals surface area contributed by atoms with Gasteiger partial charge >= 0.3 is 0 Å². The molecule has 2 N–H and O–H groups in total. The van der Waals surface area contributed by atoms with Gasteiger partial charge in [-0.1, -0.05) is 6.07 Å². The molecule has 0 aliphatic carbocycles. The molecule has 0 radical (unpaired) electrons. The number of hydrogen-bond acceptors (Lipinski definition) is 5. The largest absolute Gasteiger partial charge is 0.398 e. The van der Waals surface area contributed by atoms with Crippen molar-refractivity contribution in [3.63, 3.8) is 0 Å². The zero-order chi connectivity index (χ0) is 13.4. The summed E-state index contributed by atoms with van der Waals surface area (Å²) in [5, 5.41) is 12.0. The van der Waals surface area contributed by atoms with Gasteiger partial charge in [-0.15, -0.1) is 5.10 Å². The van der Waals surface area contributed by atoms with Crippen molar-refractivity contribution in [3.05, 3.63) is 22.7 Å². The highest BCUT2D eigenvalue weighted by Gasteiger charge is 2.30. The lowest BCUT2D eigenvalue weighted by molar-refractivity contribution is 0.105. The van der Waals surface area contributed by atoms with Crippen LogP contribution in [0.25, 0.3) is 11.4 Å². The fourth-order valence-electron chi connectivity index (χ4n) is 2.36. The average Bonchev–Trinajstić information content (AvgIpc) is 3.01. The van der Waals surface area contributed by atoms with Gasteiger partial charge in [-0.3, -0.25) is 0 Å². The van der Waals surface area contributed by atoms with Gasteiger partial charge in [0.25, 0.3) is 0 Å². The summed E-state index contributed by atoms with van der Waals surface area (Å²) >= 11 is 3.49. The molecule has 2 atom stereocenters. The quantitative estimate of drug-likeness (QED) is 0.855. The second kappa shape index (κ2) is 4.90. The molecule has 2 unspecified atom stereocenters. The summed E-state index contributed by atoms with van der Waals surface area (Å²) in [5.74, 6) is 0.710. The van der Waals surface area contributed by atoms with Crippen LogP contribution in [0.15, 0.2) is 22.7 Å². The van der Waals surface area contributed by atoms with E-state index in [9.17, 15) is 0 Å². The van der Waals surface area contributed by atoms with Crippen LogP contribution in [0.4, 0.5) is 5.69 Å². The number of hydrogen-bond donors (Lipinski definition) is 1. The highest BCUT2D eigenvalue weighted by Crippen LogP contribution is 2.34. The first-order chi connectivity index (χ1) is 9.18. The molecule has 6 nitrogen and oxygen atoms in total. The molecule has 1 fully saturated rings. The minimum absolute atomic E-state index is 0.113. The van der Waals surface area contributed by atoms with E-state index >= 15 is 0 Å². The lowest BCUT2D eigenvalue weighted by Crippen LogP contribution is -2.19. The smallest absolute Gasteiger partial charge is 0.183 e. The molecule has 2 heterocycles. The molecule has 1 aromatic heterocycles. The Balaban J connectivity index is 2.07. The average molecular weight is 324 g/mol. The van der Waals surface area contributed by atoms with Crippen LogP contribution in [-0.2, 0) is 4.74 Å². The number of ether oxygens (including phenoxy) is 1. The summed E-state index contributed by atoms with van der Waals surface area (Å²) < 4.78 is 8.23. The van der Waals surface area contributed by atoms with Gasteiger partial charge in [-0.05, 0) is 51.8 Å². The van der Waals surface area contributed by atoms with Gasteiger partial charge in [-0.25, -0.2) is 4.68 Å². The Labute approximate surface area is 119 Å². The normalized spacial score (nSPS) is 22.8. The van der Waals surface area contributed by atoms with E-state index in [0.717, 1.165) is 23.1 Å². The predicted octanol–water partition coefficient (Wildman–Crippen LogP) is 2.03. The van der Waals surface area contributed by atoms with Crippen molar-refractivity contribution in [2.24, 2.45) is 0 Å². The fraction of sp³-hybridized carbons (Fsp3) is 0.417. The third-order valence-electron chi connectivity index (χ3n) is 3.41. The number of nitrogen functional groups attached to an aromatic ring is 1. The number of aromatic nitrogens is 4. The zero-order valence-electron chi connectivity index (χ0n) is 10.5. The number of nitrogens with two attached hydrogens (primary N) is 1. The molecule has 3 rings (SSSR count). The highest BCUT2D eigenvalue weighted by atomic mass is 79.9. The van der Waals surface area contributed by atoms with Crippen molar-refractivity contribution in [2.75, 3.05) is 12.3 Å². The molecule has 100 valence electrons. The Kier molecular flexibility index (Phi) is 3.24. The number of anilines is 1. The molecule has 1 aliphatic heterocycles. The van der Waals surface area contributed by atoms with Gasteiger partial charge in [0, 0.05) is 17.9 Å². The second-order valence-electron chi connectivity index (χ2n) is 4.59. The first-order valence-electron chi connectivity index (χ1n) is 6.12. The van der Waals surface area contributed by atoms with Crippen LogP contribution in [0.3, 0.4) is 0 Å². The summed E-state index contributed by atoms with van der Waals surface area (Å²) in [4.78, 5) is 0. The summed E-state index contributed by atoms with van der Waals surface area (Å²) in [5.41, 5.74) is 7.47. The Bertz CT molecular complexity index is 600. The summed E-state index contributed by atoms with van der Waals surface area (Å²) in [7, 11) is 0. The molecule has 0 spiro atoms. The third-order valence-corrected chi connectivity index (χ3v) is 4.30. The molecule has 2 aromatic rings. The van der Waals surface area contributed by atoms with Crippen molar-refractivity contribution >= 4 is 21.6 Å². The van der Waals surface area contributed by atoms with Gasteiger partial charge in [0.2, 0.25) is 0 Å². The Morgan fingerprint density at radius 1 is 1.47 bits per heavy atom. The van der Waals surface area contributed by atoms with Crippen molar-refractivity contribution in [1.82, 2.24) is 20.2 Å². The molecule has 0 bridgehead atoms. The van der Waals surface area contributed by atoms with E-state index in [4.69, 9.17) is 10.5 Å². The Morgan fingerprint density at radius 3 is 3.05 bits per heavy atom. The van der Waals surface area contributed by atoms with Crippen molar-refractivity contribution < 1.29 is 4.74 Å². The van der Waals surface area contributed by atoms with E-state index in [1.807, 2.05) is 29.8 Å². The predicted molar refractivity (Wildman–Crippen MR) is 74.4 cm³/mol. The van der Waals surface area contributed by atoms with E-state index in [0.29, 0.717) is 11.5 Å². The minimum atomic E-state index is 0.113. The maximum absolute atomic E-state index is 5.91. The van der Waals surface area contributed by atoms with E-state index in [1.165, 1.54) is 0 Å². The van der Waals surface area contributed by atoms with Crippen LogP contribution in [-0.4, -0.2) is 32.9 Å². The summed E-state index contributed by atoms with van der Waals surface area (Å²) in [6, 6.07) is 5.84. The van der Waals surface area contributed by atoms with E-state index in [1.54, 1.807) is 0 Å². The lowest BCUT2D eigenvalue weighted by atomic mass is 10.1. The van der Waals surface area contributed by atoms with Gasteiger partial charge in [0.05, 0.1) is 16.6 Å². The van der Waals surface area contributed by atoms with Crippen molar-refractivity contribution in [3.8, 4) is 11.4 Å². The molecular formula is C12H14BrN5O. The summed E-state index contributed by atoms with van der Waals surface area (Å²) in [6.07, 6.45) is 1.03. The summed E-state index contributed by atoms with van der Waals surface area (Å²) in [6.45, 7) is 2.78. The monoisotopic (exact) mass is 323 g/mol. The Morgan fingerprint density at radius 2 is 2.32 bits per heavy atom. The van der Waals surface area contributed by atoms with Crippen LogP contribution in [0, 0.1) is 0 Å². The first-order valence-corrected chi connectivity index (χ1v) is 6.91. The fourth-order valence-corrected chi connectivity index (χ4v) is 2.80. The highest BCUT2D eigenvalue weighted by molar-refractivity contribution is 9.10. The molecule has 1 aliphatic rings. The molecule has 0 saturated carbocycles. The molecular weight excluding hydrogens is 310 g/mol. The maximum Gasteiger partial charge on any atom is 0.183 e. The zero-order valence-corrected chi connectivity index (χ0v) is 12.0. The van der Waals surface area contributed by atoms with Gasteiger partial charge in [0.1, 0.15) is 0 Å². The second-order valence-corrected chi connectivity index (χ2v) is 5.38. The van der Waals surface area contributed by atoms with Crippen LogP contribution in [0.2, 0.25) is 0 Å². The van der Waals surface area contributed by atoms with Gasteiger partial charge < -0.3 is 10.5 Å². The van der Waals surface area contributed by atoms with Crippen LogP contribution < -0.4 is 5.73 Å². The van der Waals surface area contributed by atoms with Gasteiger partial charge in [0.15, 0.2) is 5.82 Å². The maximum atomic E-state index is 5.91. The SMILES string of the molecule is CC1OCCC1n1nnnc1-c1cccc(N)c1Br. The molecule has 7 heteroatoms. The standard InChI is InChI=1S/C12H14BrN5O/c1-7-10(5-6-19-7)18-12(15-16-17-18)8-3-2-4-9(14)11(8)13/h2-4,7,10H,5-6,14H2,1H3. The number of rotatable bonds is 2. The van der Waals surface area contributed by atoms with E-state index in [-0.39, 0.29) is 12.1 Å². The third kappa shape index (κ3) is 2.12. The number of nitrogens with zero attached hydrogens (tertiary/aromatic N) is 4. The van der Waals surface area contributed by atoms with E-state index < -0.39 is 0 Å². The van der Waals surface area contributed by atoms with Crippen molar-refractivity contribution in [1.29, 1.82) is 0 Å².